The zero-order chi connectivity index (χ0) is 20.8. The molecular formula is C21H29N7O2. The van der Waals surface area contributed by atoms with Crippen LogP contribution in [0.3, 0.4) is 0 Å². The second kappa shape index (κ2) is 7.45. The lowest BCUT2D eigenvalue weighted by Crippen LogP contribution is -2.50. The van der Waals surface area contributed by atoms with Crippen molar-refractivity contribution in [2.75, 3.05) is 47.4 Å². The Hall–Kier alpha value is -2.84. The summed E-state index contributed by atoms with van der Waals surface area (Å²) in [5.74, 6) is 3.27. The minimum absolute atomic E-state index is 0.254. The van der Waals surface area contributed by atoms with E-state index in [2.05, 4.69) is 30.7 Å². The normalized spacial score (nSPS) is 23.9. The number of fused-ring (bicyclic) bond motifs is 1. The Bertz CT molecular complexity index is 1060. The fourth-order valence-electron chi connectivity index (χ4n) is 5.26. The fourth-order valence-corrected chi connectivity index (χ4v) is 5.26. The molecule has 9 heteroatoms. The Labute approximate surface area is 175 Å². The van der Waals surface area contributed by atoms with Crippen molar-refractivity contribution in [2.24, 2.45) is 20.0 Å². The first-order chi connectivity index (χ1) is 14.5. The van der Waals surface area contributed by atoms with E-state index in [0.29, 0.717) is 5.92 Å². The van der Waals surface area contributed by atoms with E-state index in [-0.39, 0.29) is 17.3 Å². The van der Waals surface area contributed by atoms with Crippen molar-refractivity contribution >= 4 is 17.5 Å². The van der Waals surface area contributed by atoms with Crippen LogP contribution in [0.1, 0.15) is 25.7 Å². The Kier molecular flexibility index (Phi) is 4.75. The highest BCUT2D eigenvalue weighted by Crippen LogP contribution is 2.35. The van der Waals surface area contributed by atoms with Gasteiger partial charge in [0, 0.05) is 59.0 Å². The zero-order valence-corrected chi connectivity index (χ0v) is 17.7. The van der Waals surface area contributed by atoms with E-state index in [1.54, 1.807) is 24.0 Å². The summed E-state index contributed by atoms with van der Waals surface area (Å²) in [6.07, 6.45) is 6.29. The van der Waals surface area contributed by atoms with Gasteiger partial charge in [-0.2, -0.15) is 0 Å². The van der Waals surface area contributed by atoms with Gasteiger partial charge in [-0.15, -0.1) is 0 Å². The predicted molar refractivity (Wildman–Crippen MR) is 116 cm³/mol. The molecule has 3 saturated heterocycles. The smallest absolute Gasteiger partial charge is 0.332 e. The van der Waals surface area contributed by atoms with Crippen LogP contribution in [0.5, 0.6) is 0 Å². The van der Waals surface area contributed by atoms with E-state index >= 15 is 0 Å². The summed E-state index contributed by atoms with van der Waals surface area (Å²) in [6, 6.07) is 3.97. The van der Waals surface area contributed by atoms with Crippen LogP contribution in [0.15, 0.2) is 28.0 Å². The number of hydrogen-bond donors (Lipinski definition) is 0. The summed E-state index contributed by atoms with van der Waals surface area (Å²) in [7, 11) is 3.27. The average Bonchev–Trinajstić information content (AvgIpc) is 3.45. The van der Waals surface area contributed by atoms with Gasteiger partial charge in [-0.25, -0.2) is 14.8 Å². The van der Waals surface area contributed by atoms with Gasteiger partial charge in [0.15, 0.2) is 0 Å². The summed E-state index contributed by atoms with van der Waals surface area (Å²) < 4.78 is 2.75. The maximum Gasteiger partial charge on any atom is 0.332 e. The summed E-state index contributed by atoms with van der Waals surface area (Å²) in [4.78, 5) is 40.7. The molecule has 2 unspecified atom stereocenters. The van der Waals surface area contributed by atoms with E-state index in [9.17, 15) is 9.59 Å². The minimum Gasteiger partial charge on any atom is -0.356 e. The van der Waals surface area contributed by atoms with Gasteiger partial charge in [0.1, 0.15) is 23.8 Å². The SMILES string of the molecule is Cn1c(N2CCC3CCN(c4cc(N5CCCC5)ncn4)CC32)cc(=O)n(C)c1=O. The van der Waals surface area contributed by atoms with Gasteiger partial charge in [-0.3, -0.25) is 13.9 Å². The molecule has 3 fully saturated rings. The van der Waals surface area contributed by atoms with Crippen LogP contribution < -0.4 is 25.9 Å². The van der Waals surface area contributed by atoms with Crippen LogP contribution in [-0.2, 0) is 14.1 Å². The Morgan fingerprint density at radius 3 is 2.33 bits per heavy atom. The molecule has 0 aliphatic carbocycles. The number of hydrogen-bond acceptors (Lipinski definition) is 7. The molecule has 9 nitrogen and oxygen atoms in total. The van der Waals surface area contributed by atoms with Crippen LogP contribution in [0, 0.1) is 5.92 Å². The first kappa shape index (κ1) is 19.1. The Morgan fingerprint density at radius 1 is 0.867 bits per heavy atom. The van der Waals surface area contributed by atoms with Crippen molar-refractivity contribution in [3.05, 3.63) is 39.3 Å². The molecule has 2 atom stereocenters. The first-order valence-corrected chi connectivity index (χ1v) is 10.9. The minimum atomic E-state index is -0.278. The van der Waals surface area contributed by atoms with E-state index in [1.165, 1.54) is 19.9 Å². The van der Waals surface area contributed by atoms with Gasteiger partial charge in [0.05, 0.1) is 6.04 Å². The van der Waals surface area contributed by atoms with Crippen molar-refractivity contribution in [1.82, 2.24) is 19.1 Å². The van der Waals surface area contributed by atoms with Gasteiger partial charge >= 0.3 is 5.69 Å². The Morgan fingerprint density at radius 2 is 1.57 bits per heavy atom. The molecule has 0 saturated carbocycles. The maximum atomic E-state index is 12.4. The number of piperidine rings is 1. The maximum absolute atomic E-state index is 12.4. The van der Waals surface area contributed by atoms with Gasteiger partial charge in [0.2, 0.25) is 0 Å². The third-order valence-corrected chi connectivity index (χ3v) is 7.05. The lowest BCUT2D eigenvalue weighted by atomic mass is 9.92. The highest BCUT2D eigenvalue weighted by Gasteiger charge is 2.40. The predicted octanol–water partition coefficient (Wildman–Crippen LogP) is 0.579. The van der Waals surface area contributed by atoms with Crippen molar-refractivity contribution in [2.45, 2.75) is 31.7 Å². The van der Waals surface area contributed by atoms with Crippen molar-refractivity contribution < 1.29 is 0 Å². The largest absolute Gasteiger partial charge is 0.356 e. The van der Waals surface area contributed by atoms with E-state index in [1.807, 2.05) is 0 Å². The molecule has 2 aromatic heterocycles. The standard InChI is InChI=1S/C21H29N7O2/c1-24-19(12-20(29)25(2)21(24)30)28-10-6-15-5-9-27(13-16(15)28)18-11-17(22-14-23-18)26-7-3-4-8-26/h11-12,14-16H,3-10,13H2,1-2H3. The summed E-state index contributed by atoms with van der Waals surface area (Å²) >= 11 is 0. The molecule has 0 amide bonds. The van der Waals surface area contributed by atoms with E-state index < -0.39 is 0 Å². The third kappa shape index (κ3) is 3.16. The molecule has 0 bridgehead atoms. The molecule has 0 aromatic carbocycles. The van der Waals surface area contributed by atoms with Crippen molar-refractivity contribution in [1.29, 1.82) is 0 Å². The molecule has 5 rings (SSSR count). The molecule has 5 heterocycles. The Balaban J connectivity index is 1.42. The molecule has 30 heavy (non-hydrogen) atoms. The summed E-state index contributed by atoms with van der Waals surface area (Å²) in [6.45, 7) is 4.80. The molecular weight excluding hydrogens is 382 g/mol. The lowest BCUT2D eigenvalue weighted by molar-refractivity contribution is 0.387. The number of aromatic nitrogens is 4. The molecule has 3 aliphatic rings. The topological polar surface area (TPSA) is 79.5 Å². The molecule has 2 aromatic rings. The first-order valence-electron chi connectivity index (χ1n) is 10.9. The number of rotatable bonds is 3. The van der Waals surface area contributed by atoms with E-state index in [4.69, 9.17) is 0 Å². The van der Waals surface area contributed by atoms with Crippen molar-refractivity contribution in [3.8, 4) is 0 Å². The highest BCUT2D eigenvalue weighted by molar-refractivity contribution is 5.52. The fraction of sp³-hybridized carbons (Fsp3) is 0.619. The molecule has 160 valence electrons. The molecule has 0 N–H and O–H groups in total. The van der Waals surface area contributed by atoms with Gasteiger partial charge in [-0.05, 0) is 31.6 Å². The quantitative estimate of drug-likeness (QED) is 0.731. The van der Waals surface area contributed by atoms with Crippen LogP contribution in [-0.4, -0.2) is 57.9 Å². The number of anilines is 3. The van der Waals surface area contributed by atoms with Crippen molar-refractivity contribution in [3.63, 3.8) is 0 Å². The molecule has 0 spiro atoms. The molecule has 0 radical (unpaired) electrons. The summed E-state index contributed by atoms with van der Waals surface area (Å²) in [5, 5.41) is 0. The van der Waals surface area contributed by atoms with E-state index in [0.717, 1.165) is 67.6 Å². The highest BCUT2D eigenvalue weighted by atomic mass is 16.2. The lowest BCUT2D eigenvalue weighted by Gasteiger charge is -2.40. The van der Waals surface area contributed by atoms with Crippen LogP contribution in [0.4, 0.5) is 17.5 Å². The number of nitrogens with zero attached hydrogens (tertiary/aromatic N) is 7. The van der Waals surface area contributed by atoms with Gasteiger partial charge < -0.3 is 14.7 Å². The van der Waals surface area contributed by atoms with Crippen LogP contribution in [0.2, 0.25) is 0 Å². The second-order valence-electron chi connectivity index (χ2n) is 8.71. The molecule has 3 aliphatic heterocycles. The third-order valence-electron chi connectivity index (χ3n) is 7.05. The second-order valence-corrected chi connectivity index (χ2v) is 8.71. The summed E-state index contributed by atoms with van der Waals surface area (Å²) in [5.41, 5.74) is -0.532. The monoisotopic (exact) mass is 411 g/mol. The van der Waals surface area contributed by atoms with Gasteiger partial charge in [0.25, 0.3) is 5.56 Å². The van der Waals surface area contributed by atoms with Crippen LogP contribution >= 0.6 is 0 Å². The van der Waals surface area contributed by atoms with Crippen LogP contribution in [0.25, 0.3) is 0 Å². The average molecular weight is 412 g/mol. The van der Waals surface area contributed by atoms with Gasteiger partial charge in [-0.1, -0.05) is 0 Å². The zero-order valence-electron chi connectivity index (χ0n) is 17.7.